The van der Waals surface area contributed by atoms with Gasteiger partial charge in [-0.2, -0.15) is 0 Å². The van der Waals surface area contributed by atoms with E-state index in [0.717, 1.165) is 18.5 Å². The van der Waals surface area contributed by atoms with E-state index in [-0.39, 0.29) is 5.78 Å². The highest BCUT2D eigenvalue weighted by Crippen LogP contribution is 2.21. The van der Waals surface area contributed by atoms with Crippen LogP contribution in [0.15, 0.2) is 18.2 Å². The average molecular weight is 260 g/mol. The molecule has 0 atom stereocenters. The van der Waals surface area contributed by atoms with E-state index in [0.29, 0.717) is 23.0 Å². The van der Waals surface area contributed by atoms with Crippen LogP contribution >= 0.6 is 23.2 Å². The number of carbonyl (C=O) groups is 1. The lowest BCUT2D eigenvalue weighted by Crippen LogP contribution is -2.24. The van der Waals surface area contributed by atoms with Crippen molar-refractivity contribution < 1.29 is 4.79 Å². The number of hydrogen-bond acceptors (Lipinski definition) is 2. The van der Waals surface area contributed by atoms with E-state index in [9.17, 15) is 4.79 Å². The zero-order valence-corrected chi connectivity index (χ0v) is 10.7. The Morgan fingerprint density at radius 1 is 1.38 bits per heavy atom. The Labute approximate surface area is 106 Å². The molecule has 0 saturated carbocycles. The van der Waals surface area contributed by atoms with Crippen LogP contribution in [0.4, 0.5) is 0 Å². The van der Waals surface area contributed by atoms with Crippen molar-refractivity contribution in [3.8, 4) is 0 Å². The van der Waals surface area contributed by atoms with Crippen LogP contribution in [-0.4, -0.2) is 18.9 Å². The minimum absolute atomic E-state index is 0.123. The highest BCUT2D eigenvalue weighted by molar-refractivity contribution is 6.33. The molecule has 16 heavy (non-hydrogen) atoms. The molecule has 4 heteroatoms. The fourth-order valence-electron chi connectivity index (χ4n) is 1.36. The average Bonchev–Trinajstić information content (AvgIpc) is 2.24. The number of ketones is 1. The number of benzene rings is 1. The quantitative estimate of drug-likeness (QED) is 0.796. The molecule has 0 aliphatic carbocycles. The Hall–Kier alpha value is -0.570. The number of nitrogens with one attached hydrogen (secondary N) is 1. The molecule has 0 unspecified atom stereocenters. The van der Waals surface area contributed by atoms with Crippen molar-refractivity contribution in [2.45, 2.75) is 19.8 Å². The van der Waals surface area contributed by atoms with Gasteiger partial charge in [0.05, 0.1) is 6.54 Å². The van der Waals surface area contributed by atoms with Crippen molar-refractivity contribution >= 4 is 29.0 Å². The van der Waals surface area contributed by atoms with Gasteiger partial charge in [-0.25, -0.2) is 0 Å². The molecule has 1 aromatic rings. The first-order valence-corrected chi connectivity index (χ1v) is 6.05. The molecule has 0 aromatic heterocycles. The molecule has 1 rings (SSSR count). The van der Waals surface area contributed by atoms with E-state index < -0.39 is 0 Å². The van der Waals surface area contributed by atoms with Crippen LogP contribution < -0.4 is 5.32 Å². The van der Waals surface area contributed by atoms with E-state index in [1.165, 1.54) is 0 Å². The smallest absolute Gasteiger partial charge is 0.151 e. The van der Waals surface area contributed by atoms with Crippen LogP contribution in [0, 0.1) is 0 Å². The summed E-state index contributed by atoms with van der Waals surface area (Å²) in [6.07, 6.45) is 1.35. The number of Topliss-reactive ketones (excluding diaryl/α,β-unsaturated/α-hetero) is 1. The maximum absolute atomic E-state index is 11.6. The molecule has 1 N–H and O–H groups in total. The first-order chi connectivity index (χ1) is 7.63. The van der Waals surface area contributed by atoms with Gasteiger partial charge < -0.3 is 5.32 Å². The third-order valence-corrected chi connectivity index (χ3v) is 2.75. The molecule has 1 aromatic carbocycles. The first kappa shape index (κ1) is 13.5. The van der Waals surface area contributed by atoms with Crippen molar-refractivity contribution in [1.82, 2.24) is 5.32 Å². The molecule has 0 aliphatic rings. The summed E-state index contributed by atoms with van der Waals surface area (Å²) in [7, 11) is 0. The maximum atomic E-state index is 11.6. The van der Waals surface area contributed by atoms with E-state index in [4.69, 9.17) is 23.2 Å². The van der Waals surface area contributed by atoms with Crippen molar-refractivity contribution in [3.05, 3.63) is 33.8 Å². The topological polar surface area (TPSA) is 29.1 Å². The molecule has 0 radical (unpaired) electrons. The van der Waals surface area contributed by atoms with Crippen molar-refractivity contribution in [2.24, 2.45) is 0 Å². The predicted molar refractivity (Wildman–Crippen MR) is 68.3 cm³/mol. The molecule has 2 nitrogen and oxygen atoms in total. The van der Waals surface area contributed by atoms with Gasteiger partial charge in [-0.3, -0.25) is 4.79 Å². The van der Waals surface area contributed by atoms with Crippen LogP contribution in [-0.2, 0) is 11.2 Å². The van der Waals surface area contributed by atoms with Crippen LogP contribution in [0.1, 0.15) is 18.9 Å². The molecular weight excluding hydrogens is 245 g/mol. The second-order valence-corrected chi connectivity index (χ2v) is 4.47. The van der Waals surface area contributed by atoms with Crippen molar-refractivity contribution in [2.75, 3.05) is 13.1 Å². The molecule has 0 spiro atoms. The van der Waals surface area contributed by atoms with E-state index in [2.05, 4.69) is 12.2 Å². The molecule has 0 bridgehead atoms. The van der Waals surface area contributed by atoms with Gasteiger partial charge in [-0.1, -0.05) is 30.1 Å². The van der Waals surface area contributed by atoms with Crippen LogP contribution in [0.2, 0.25) is 10.0 Å². The highest BCUT2D eigenvalue weighted by atomic mass is 35.5. The van der Waals surface area contributed by atoms with Gasteiger partial charge in [-0.05, 0) is 36.7 Å². The lowest BCUT2D eigenvalue weighted by Gasteiger charge is -2.05. The summed E-state index contributed by atoms with van der Waals surface area (Å²) in [6.45, 7) is 3.30. The largest absolute Gasteiger partial charge is 0.310 e. The van der Waals surface area contributed by atoms with Gasteiger partial charge in [0.1, 0.15) is 0 Å². The van der Waals surface area contributed by atoms with Gasteiger partial charge in [-0.15, -0.1) is 0 Å². The van der Waals surface area contributed by atoms with Gasteiger partial charge >= 0.3 is 0 Å². The normalized spacial score (nSPS) is 10.4. The highest BCUT2D eigenvalue weighted by Gasteiger charge is 2.07. The maximum Gasteiger partial charge on any atom is 0.151 e. The molecule has 0 heterocycles. The zero-order valence-electron chi connectivity index (χ0n) is 9.22. The summed E-state index contributed by atoms with van der Waals surface area (Å²) in [6, 6.07) is 5.17. The summed E-state index contributed by atoms with van der Waals surface area (Å²) >= 11 is 11.8. The minimum atomic E-state index is 0.123. The van der Waals surface area contributed by atoms with Crippen molar-refractivity contribution in [1.29, 1.82) is 0 Å². The van der Waals surface area contributed by atoms with Crippen LogP contribution in [0.25, 0.3) is 0 Å². The fraction of sp³-hybridized carbons (Fsp3) is 0.417. The van der Waals surface area contributed by atoms with Gasteiger partial charge in [0.15, 0.2) is 5.78 Å². The molecule has 0 aliphatic heterocycles. The standard InChI is InChI=1S/C12H15Cl2NO/c1-2-5-15-8-11(16)7-9-6-10(13)3-4-12(9)14/h3-4,6,15H,2,5,7-8H2,1H3. The lowest BCUT2D eigenvalue weighted by atomic mass is 10.1. The second kappa shape index (κ2) is 6.89. The Bertz CT molecular complexity index is 366. The Morgan fingerprint density at radius 2 is 2.12 bits per heavy atom. The summed E-state index contributed by atoms with van der Waals surface area (Å²) < 4.78 is 0. The number of rotatable bonds is 6. The van der Waals surface area contributed by atoms with E-state index in [1.54, 1.807) is 18.2 Å². The Kier molecular flexibility index (Phi) is 5.81. The van der Waals surface area contributed by atoms with E-state index in [1.807, 2.05) is 0 Å². The molecule has 0 amide bonds. The summed E-state index contributed by atoms with van der Waals surface area (Å²) in [5.74, 6) is 0.123. The second-order valence-electron chi connectivity index (χ2n) is 3.63. The zero-order chi connectivity index (χ0) is 12.0. The van der Waals surface area contributed by atoms with Crippen LogP contribution in [0.3, 0.4) is 0 Å². The van der Waals surface area contributed by atoms with Gasteiger partial charge in [0, 0.05) is 16.5 Å². The molecule has 0 saturated heterocycles. The SMILES string of the molecule is CCCNCC(=O)Cc1cc(Cl)ccc1Cl. The monoisotopic (exact) mass is 259 g/mol. The summed E-state index contributed by atoms with van der Waals surface area (Å²) in [5.41, 5.74) is 0.789. The third kappa shape index (κ3) is 4.52. The van der Waals surface area contributed by atoms with Crippen LogP contribution in [0.5, 0.6) is 0 Å². The number of hydrogen-bond donors (Lipinski definition) is 1. The first-order valence-electron chi connectivity index (χ1n) is 5.29. The third-order valence-electron chi connectivity index (χ3n) is 2.14. The minimum Gasteiger partial charge on any atom is -0.310 e. The van der Waals surface area contributed by atoms with Gasteiger partial charge in [0.25, 0.3) is 0 Å². The predicted octanol–water partition coefficient (Wildman–Crippen LogP) is 3.10. The Balaban J connectivity index is 2.52. The number of carbonyl (C=O) groups excluding carboxylic acids is 1. The molecular formula is C12H15Cl2NO. The lowest BCUT2D eigenvalue weighted by molar-refractivity contribution is -0.117. The van der Waals surface area contributed by atoms with E-state index >= 15 is 0 Å². The van der Waals surface area contributed by atoms with Crippen molar-refractivity contribution in [3.63, 3.8) is 0 Å². The number of halogens is 2. The summed E-state index contributed by atoms with van der Waals surface area (Å²) in [5, 5.41) is 4.26. The van der Waals surface area contributed by atoms with Gasteiger partial charge in [0.2, 0.25) is 0 Å². The Morgan fingerprint density at radius 3 is 2.81 bits per heavy atom. The summed E-state index contributed by atoms with van der Waals surface area (Å²) in [4.78, 5) is 11.6. The molecule has 88 valence electrons. The molecule has 0 fully saturated rings. The fourth-order valence-corrected chi connectivity index (χ4v) is 1.74.